The maximum absolute atomic E-state index is 5.12. The lowest BCUT2D eigenvalue weighted by Gasteiger charge is -2.40. The van der Waals surface area contributed by atoms with Gasteiger partial charge in [0.25, 0.3) is 0 Å². The maximum Gasteiger partial charge on any atom is 0.0589 e. The van der Waals surface area contributed by atoms with Crippen molar-refractivity contribution in [2.24, 2.45) is 5.41 Å². The summed E-state index contributed by atoms with van der Waals surface area (Å²) in [4.78, 5) is 2.47. The highest BCUT2D eigenvalue weighted by molar-refractivity contribution is 4.84. The number of nitrogens with zero attached hydrogens (tertiary/aromatic N) is 1. The molecule has 1 aliphatic rings. The van der Waals surface area contributed by atoms with Crippen LogP contribution in [0.4, 0.5) is 0 Å². The van der Waals surface area contributed by atoms with Gasteiger partial charge in [-0.1, -0.05) is 20.3 Å². The van der Waals surface area contributed by atoms with Gasteiger partial charge in [-0.15, -0.1) is 0 Å². The predicted molar refractivity (Wildman–Crippen MR) is 65.2 cm³/mol. The van der Waals surface area contributed by atoms with E-state index in [0.717, 1.165) is 19.2 Å². The van der Waals surface area contributed by atoms with Crippen molar-refractivity contribution in [2.75, 3.05) is 27.3 Å². The molecule has 0 bridgehead atoms. The van der Waals surface area contributed by atoms with Gasteiger partial charge in [-0.25, -0.2) is 0 Å². The van der Waals surface area contributed by atoms with Gasteiger partial charge in [0.1, 0.15) is 0 Å². The molecule has 0 amide bonds. The van der Waals surface area contributed by atoms with E-state index in [9.17, 15) is 0 Å². The average molecular weight is 213 g/mol. The highest BCUT2D eigenvalue weighted by Gasteiger charge is 2.30. The molecule has 90 valence electrons. The maximum atomic E-state index is 5.12. The van der Waals surface area contributed by atoms with Crippen LogP contribution in [0, 0.1) is 5.41 Å². The fourth-order valence-corrected chi connectivity index (χ4v) is 2.51. The summed E-state index contributed by atoms with van der Waals surface area (Å²) in [6.45, 7) is 6.70. The molecule has 0 saturated heterocycles. The van der Waals surface area contributed by atoms with E-state index in [1.54, 1.807) is 7.11 Å². The van der Waals surface area contributed by atoms with Crippen molar-refractivity contribution in [2.45, 2.75) is 52.0 Å². The van der Waals surface area contributed by atoms with Gasteiger partial charge in [-0.3, -0.25) is 0 Å². The first-order chi connectivity index (χ1) is 7.11. The van der Waals surface area contributed by atoms with Crippen LogP contribution in [-0.4, -0.2) is 38.3 Å². The molecule has 0 aromatic heterocycles. The Kier molecular flexibility index (Phi) is 5.07. The molecule has 0 aromatic rings. The van der Waals surface area contributed by atoms with E-state index >= 15 is 0 Å². The van der Waals surface area contributed by atoms with Gasteiger partial charge >= 0.3 is 0 Å². The van der Waals surface area contributed by atoms with Crippen LogP contribution < -0.4 is 0 Å². The molecular formula is C13H27NO. The summed E-state index contributed by atoms with van der Waals surface area (Å²) in [7, 11) is 4.02. The third-order valence-electron chi connectivity index (χ3n) is 4.29. The Morgan fingerprint density at radius 3 is 2.40 bits per heavy atom. The summed E-state index contributed by atoms with van der Waals surface area (Å²) in [5, 5.41) is 0. The zero-order valence-corrected chi connectivity index (χ0v) is 10.9. The molecule has 1 saturated carbocycles. The Bertz CT molecular complexity index is 173. The highest BCUT2D eigenvalue weighted by Crippen LogP contribution is 2.39. The molecule has 2 nitrogen and oxygen atoms in total. The molecule has 0 radical (unpaired) electrons. The average Bonchev–Trinajstić information content (AvgIpc) is 2.27. The van der Waals surface area contributed by atoms with Crippen LogP contribution >= 0.6 is 0 Å². The standard InChI is InChI=1S/C13H27NO/c1-5-13(2)8-6-12(7-9-13)14(3)10-11-15-4/h12H,5-11H2,1-4H3. The molecular weight excluding hydrogens is 186 g/mol. The number of hydrogen-bond acceptors (Lipinski definition) is 2. The quantitative estimate of drug-likeness (QED) is 0.696. The minimum Gasteiger partial charge on any atom is -0.383 e. The second-order valence-electron chi connectivity index (χ2n) is 5.37. The molecule has 0 aliphatic heterocycles. The van der Waals surface area contributed by atoms with E-state index < -0.39 is 0 Å². The third-order valence-corrected chi connectivity index (χ3v) is 4.29. The Balaban J connectivity index is 2.30. The van der Waals surface area contributed by atoms with Crippen LogP contribution in [0.25, 0.3) is 0 Å². The van der Waals surface area contributed by atoms with Gasteiger partial charge in [0.05, 0.1) is 6.61 Å². The fraction of sp³-hybridized carbons (Fsp3) is 1.00. The normalized spacial score (nSPS) is 32.2. The van der Waals surface area contributed by atoms with Crippen LogP contribution in [-0.2, 0) is 4.74 Å². The monoisotopic (exact) mass is 213 g/mol. The first-order valence-electron chi connectivity index (χ1n) is 6.30. The third kappa shape index (κ3) is 3.76. The number of likely N-dealkylation sites (N-methyl/N-ethyl adjacent to an activating group) is 1. The Morgan fingerprint density at radius 2 is 1.93 bits per heavy atom. The minimum atomic E-state index is 0.624. The summed E-state index contributed by atoms with van der Waals surface area (Å²) in [5.74, 6) is 0. The van der Waals surface area contributed by atoms with Crippen LogP contribution in [0.5, 0.6) is 0 Å². The van der Waals surface area contributed by atoms with E-state index in [1.165, 1.54) is 32.1 Å². The van der Waals surface area contributed by atoms with Gasteiger partial charge in [-0.05, 0) is 38.1 Å². The predicted octanol–water partition coefficient (Wildman–Crippen LogP) is 2.92. The van der Waals surface area contributed by atoms with Crippen LogP contribution in [0.1, 0.15) is 46.0 Å². The molecule has 1 aliphatic carbocycles. The van der Waals surface area contributed by atoms with Crippen molar-refractivity contribution in [3.8, 4) is 0 Å². The van der Waals surface area contributed by atoms with E-state index in [2.05, 4.69) is 25.8 Å². The van der Waals surface area contributed by atoms with E-state index in [-0.39, 0.29) is 0 Å². The summed E-state index contributed by atoms with van der Waals surface area (Å²) >= 11 is 0. The second kappa shape index (κ2) is 5.86. The van der Waals surface area contributed by atoms with E-state index in [0.29, 0.717) is 5.41 Å². The Morgan fingerprint density at radius 1 is 1.33 bits per heavy atom. The summed E-state index contributed by atoms with van der Waals surface area (Å²) in [6, 6.07) is 0.791. The zero-order valence-electron chi connectivity index (χ0n) is 10.9. The first-order valence-corrected chi connectivity index (χ1v) is 6.30. The summed E-state index contributed by atoms with van der Waals surface area (Å²) in [6.07, 6.45) is 6.85. The lowest BCUT2D eigenvalue weighted by Crippen LogP contribution is -2.39. The minimum absolute atomic E-state index is 0.624. The zero-order chi connectivity index (χ0) is 11.3. The van der Waals surface area contributed by atoms with Crippen molar-refractivity contribution in [3.05, 3.63) is 0 Å². The van der Waals surface area contributed by atoms with Gasteiger partial charge in [0.2, 0.25) is 0 Å². The lowest BCUT2D eigenvalue weighted by atomic mass is 9.72. The second-order valence-corrected chi connectivity index (χ2v) is 5.37. The number of rotatable bonds is 5. The molecule has 1 fully saturated rings. The molecule has 0 atom stereocenters. The van der Waals surface area contributed by atoms with Gasteiger partial charge in [-0.2, -0.15) is 0 Å². The van der Waals surface area contributed by atoms with Crippen molar-refractivity contribution >= 4 is 0 Å². The molecule has 1 rings (SSSR count). The van der Waals surface area contributed by atoms with E-state index in [4.69, 9.17) is 4.74 Å². The van der Waals surface area contributed by atoms with Crippen LogP contribution in [0.15, 0.2) is 0 Å². The van der Waals surface area contributed by atoms with Gasteiger partial charge < -0.3 is 9.64 Å². The largest absolute Gasteiger partial charge is 0.383 e. The molecule has 0 N–H and O–H groups in total. The smallest absolute Gasteiger partial charge is 0.0589 e. The lowest BCUT2D eigenvalue weighted by molar-refractivity contribution is 0.0877. The van der Waals surface area contributed by atoms with Gasteiger partial charge in [0, 0.05) is 19.7 Å². The fourth-order valence-electron chi connectivity index (χ4n) is 2.51. The molecule has 0 unspecified atom stereocenters. The molecule has 0 heterocycles. The molecule has 15 heavy (non-hydrogen) atoms. The number of hydrogen-bond donors (Lipinski definition) is 0. The Labute approximate surface area is 95.0 Å². The first kappa shape index (κ1) is 13.0. The van der Waals surface area contributed by atoms with Crippen molar-refractivity contribution in [1.29, 1.82) is 0 Å². The van der Waals surface area contributed by atoms with Crippen molar-refractivity contribution in [1.82, 2.24) is 4.90 Å². The summed E-state index contributed by atoms with van der Waals surface area (Å²) < 4.78 is 5.12. The van der Waals surface area contributed by atoms with Crippen LogP contribution in [0.2, 0.25) is 0 Å². The molecule has 0 spiro atoms. The van der Waals surface area contributed by atoms with Crippen LogP contribution in [0.3, 0.4) is 0 Å². The van der Waals surface area contributed by atoms with Crippen molar-refractivity contribution < 1.29 is 4.74 Å². The highest BCUT2D eigenvalue weighted by atomic mass is 16.5. The SMILES string of the molecule is CCC1(C)CCC(N(C)CCOC)CC1. The molecule has 2 heteroatoms. The topological polar surface area (TPSA) is 12.5 Å². The Hall–Kier alpha value is -0.0800. The number of ether oxygens (including phenoxy) is 1. The van der Waals surface area contributed by atoms with Crippen molar-refractivity contribution in [3.63, 3.8) is 0 Å². The number of methoxy groups -OCH3 is 1. The molecule has 0 aromatic carbocycles. The summed E-state index contributed by atoms with van der Waals surface area (Å²) in [5.41, 5.74) is 0.624. The van der Waals surface area contributed by atoms with Gasteiger partial charge in [0.15, 0.2) is 0 Å². The van der Waals surface area contributed by atoms with E-state index in [1.807, 2.05) is 0 Å².